The molecule has 1 unspecified atom stereocenters. The van der Waals surface area contributed by atoms with E-state index in [4.69, 9.17) is 4.52 Å². The largest absolute Gasteiger partial charge is 0.339 e. The molecule has 0 radical (unpaired) electrons. The van der Waals surface area contributed by atoms with Crippen LogP contribution in [0.5, 0.6) is 0 Å². The van der Waals surface area contributed by atoms with Crippen molar-refractivity contribution in [2.24, 2.45) is 0 Å². The van der Waals surface area contributed by atoms with Gasteiger partial charge in [0.1, 0.15) is 12.0 Å². The summed E-state index contributed by atoms with van der Waals surface area (Å²) in [6.07, 6.45) is 6.93. The summed E-state index contributed by atoms with van der Waals surface area (Å²) < 4.78 is 5.33. The first-order valence-electron chi connectivity index (χ1n) is 8.07. The molecule has 7 nitrogen and oxygen atoms in total. The zero-order valence-corrected chi connectivity index (χ0v) is 13.5. The van der Waals surface area contributed by atoms with E-state index in [0.29, 0.717) is 24.0 Å². The Morgan fingerprint density at radius 3 is 2.91 bits per heavy atom. The number of likely N-dealkylation sites (tertiary alicyclic amines) is 1. The molecular weight excluding hydrogens is 294 g/mol. The summed E-state index contributed by atoms with van der Waals surface area (Å²) in [5, 5.41) is 4.12. The second-order valence-electron chi connectivity index (χ2n) is 6.10. The minimum Gasteiger partial charge on any atom is -0.339 e. The third kappa shape index (κ3) is 3.38. The van der Waals surface area contributed by atoms with Gasteiger partial charge in [-0.2, -0.15) is 4.98 Å². The van der Waals surface area contributed by atoms with Crippen LogP contribution < -0.4 is 0 Å². The molecule has 0 aromatic carbocycles. The van der Waals surface area contributed by atoms with E-state index in [2.05, 4.69) is 20.1 Å². The third-order valence-electron chi connectivity index (χ3n) is 4.06. The van der Waals surface area contributed by atoms with Crippen molar-refractivity contribution < 1.29 is 9.32 Å². The van der Waals surface area contributed by atoms with E-state index in [1.165, 1.54) is 6.33 Å². The smallest absolute Gasteiger partial charge is 0.273 e. The van der Waals surface area contributed by atoms with Crippen molar-refractivity contribution in [3.8, 4) is 0 Å². The Labute approximate surface area is 135 Å². The van der Waals surface area contributed by atoms with Crippen molar-refractivity contribution in [3.63, 3.8) is 0 Å². The van der Waals surface area contributed by atoms with E-state index >= 15 is 0 Å². The Hall–Kier alpha value is -2.31. The SMILES string of the molecule is CC(C)c1nc(C2CCCCCN2C(=O)c2ccncn2)no1. The van der Waals surface area contributed by atoms with Crippen LogP contribution >= 0.6 is 0 Å². The summed E-state index contributed by atoms with van der Waals surface area (Å²) in [5.74, 6) is 1.28. The number of nitrogens with zero attached hydrogens (tertiary/aromatic N) is 5. The zero-order valence-electron chi connectivity index (χ0n) is 13.5. The van der Waals surface area contributed by atoms with Gasteiger partial charge in [0.15, 0.2) is 5.82 Å². The Morgan fingerprint density at radius 2 is 2.22 bits per heavy atom. The lowest BCUT2D eigenvalue weighted by Crippen LogP contribution is -2.35. The quantitative estimate of drug-likeness (QED) is 0.865. The van der Waals surface area contributed by atoms with Crippen LogP contribution in [0.2, 0.25) is 0 Å². The van der Waals surface area contributed by atoms with Crippen molar-refractivity contribution in [2.75, 3.05) is 6.54 Å². The second-order valence-corrected chi connectivity index (χ2v) is 6.10. The highest BCUT2D eigenvalue weighted by Crippen LogP contribution is 2.30. The molecule has 1 atom stereocenters. The lowest BCUT2D eigenvalue weighted by molar-refractivity contribution is 0.0664. The lowest BCUT2D eigenvalue weighted by Gasteiger charge is -2.27. The Bertz CT molecular complexity index is 656. The summed E-state index contributed by atoms with van der Waals surface area (Å²) >= 11 is 0. The van der Waals surface area contributed by atoms with Crippen LogP contribution in [0.15, 0.2) is 23.1 Å². The van der Waals surface area contributed by atoms with Crippen molar-refractivity contribution in [2.45, 2.75) is 51.5 Å². The van der Waals surface area contributed by atoms with Gasteiger partial charge in [0.2, 0.25) is 5.89 Å². The van der Waals surface area contributed by atoms with Crippen molar-refractivity contribution in [3.05, 3.63) is 36.0 Å². The van der Waals surface area contributed by atoms with E-state index in [-0.39, 0.29) is 17.9 Å². The van der Waals surface area contributed by atoms with Gasteiger partial charge in [-0.1, -0.05) is 31.8 Å². The molecular formula is C16H21N5O2. The van der Waals surface area contributed by atoms with Crippen LogP contribution in [0.1, 0.15) is 73.7 Å². The summed E-state index contributed by atoms with van der Waals surface area (Å²) in [6, 6.07) is 1.48. The van der Waals surface area contributed by atoms with Crippen molar-refractivity contribution in [1.29, 1.82) is 0 Å². The van der Waals surface area contributed by atoms with E-state index in [1.54, 1.807) is 12.3 Å². The van der Waals surface area contributed by atoms with E-state index in [1.807, 2.05) is 18.7 Å². The van der Waals surface area contributed by atoms with Crippen LogP contribution in [0.4, 0.5) is 0 Å². The first-order chi connectivity index (χ1) is 11.2. The number of carbonyl (C=O) groups is 1. The normalized spacial score (nSPS) is 18.9. The Balaban J connectivity index is 1.89. The second kappa shape index (κ2) is 6.85. The van der Waals surface area contributed by atoms with Crippen LogP contribution in [-0.4, -0.2) is 37.5 Å². The van der Waals surface area contributed by atoms with Gasteiger partial charge in [-0.25, -0.2) is 9.97 Å². The highest BCUT2D eigenvalue weighted by molar-refractivity contribution is 5.92. The first-order valence-corrected chi connectivity index (χ1v) is 8.07. The predicted molar refractivity (Wildman–Crippen MR) is 82.7 cm³/mol. The fourth-order valence-corrected chi connectivity index (χ4v) is 2.80. The standard InChI is InChI=1S/C16H21N5O2/c1-11(2)15-19-14(20-23-15)13-6-4-3-5-9-21(13)16(22)12-7-8-17-10-18-12/h7-8,10-11,13H,3-6,9H2,1-2H3. The van der Waals surface area contributed by atoms with Gasteiger partial charge < -0.3 is 9.42 Å². The number of rotatable bonds is 3. The van der Waals surface area contributed by atoms with Gasteiger partial charge >= 0.3 is 0 Å². The van der Waals surface area contributed by atoms with Crippen LogP contribution in [0.25, 0.3) is 0 Å². The fraction of sp³-hybridized carbons (Fsp3) is 0.562. The summed E-state index contributed by atoms with van der Waals surface area (Å²) in [6.45, 7) is 4.70. The van der Waals surface area contributed by atoms with Crippen LogP contribution in [-0.2, 0) is 0 Å². The maximum absolute atomic E-state index is 12.8. The Morgan fingerprint density at radius 1 is 1.35 bits per heavy atom. The first kappa shape index (κ1) is 15.6. The molecule has 1 fully saturated rings. The van der Waals surface area contributed by atoms with Gasteiger partial charge in [0.25, 0.3) is 5.91 Å². The molecule has 0 N–H and O–H groups in total. The van der Waals surface area contributed by atoms with E-state index < -0.39 is 0 Å². The zero-order chi connectivity index (χ0) is 16.2. The van der Waals surface area contributed by atoms with Crippen molar-refractivity contribution >= 4 is 5.91 Å². The minimum atomic E-state index is -0.156. The van der Waals surface area contributed by atoms with Gasteiger partial charge in [-0.15, -0.1) is 0 Å². The average Bonchev–Trinajstić information content (AvgIpc) is 2.94. The van der Waals surface area contributed by atoms with Gasteiger partial charge in [0.05, 0.1) is 6.04 Å². The molecule has 23 heavy (non-hydrogen) atoms. The lowest BCUT2D eigenvalue weighted by atomic mass is 10.1. The molecule has 1 amide bonds. The van der Waals surface area contributed by atoms with E-state index in [0.717, 1.165) is 25.7 Å². The van der Waals surface area contributed by atoms with E-state index in [9.17, 15) is 4.79 Å². The topological polar surface area (TPSA) is 85.0 Å². The van der Waals surface area contributed by atoms with Crippen molar-refractivity contribution in [1.82, 2.24) is 25.0 Å². The van der Waals surface area contributed by atoms with Gasteiger partial charge in [-0.3, -0.25) is 4.79 Å². The maximum atomic E-state index is 12.8. The van der Waals surface area contributed by atoms with Gasteiger partial charge in [0, 0.05) is 18.7 Å². The Kier molecular flexibility index (Phi) is 4.64. The van der Waals surface area contributed by atoms with Gasteiger partial charge in [-0.05, 0) is 18.9 Å². The fourth-order valence-electron chi connectivity index (χ4n) is 2.80. The molecule has 7 heteroatoms. The third-order valence-corrected chi connectivity index (χ3v) is 4.06. The number of aromatic nitrogens is 4. The molecule has 2 aromatic heterocycles. The minimum absolute atomic E-state index is 0.102. The highest BCUT2D eigenvalue weighted by atomic mass is 16.5. The molecule has 3 rings (SSSR count). The molecule has 2 aromatic rings. The molecule has 0 aliphatic carbocycles. The molecule has 122 valence electrons. The monoisotopic (exact) mass is 315 g/mol. The molecule has 0 saturated carbocycles. The summed E-state index contributed by atoms with van der Waals surface area (Å²) in [4.78, 5) is 27.1. The molecule has 1 saturated heterocycles. The predicted octanol–water partition coefficient (Wildman–Crippen LogP) is 2.74. The van der Waals surface area contributed by atoms with Crippen LogP contribution in [0, 0.1) is 0 Å². The van der Waals surface area contributed by atoms with Crippen LogP contribution in [0.3, 0.4) is 0 Å². The maximum Gasteiger partial charge on any atom is 0.273 e. The number of hydrogen-bond donors (Lipinski definition) is 0. The molecule has 1 aliphatic rings. The molecule has 0 spiro atoms. The summed E-state index contributed by atoms with van der Waals surface area (Å²) in [5.41, 5.74) is 0.402. The molecule has 1 aliphatic heterocycles. The average molecular weight is 315 g/mol. The number of amides is 1. The number of hydrogen-bond acceptors (Lipinski definition) is 6. The number of carbonyl (C=O) groups excluding carboxylic acids is 1. The highest BCUT2D eigenvalue weighted by Gasteiger charge is 2.31. The summed E-state index contributed by atoms with van der Waals surface area (Å²) in [7, 11) is 0. The molecule has 3 heterocycles. The molecule has 0 bridgehead atoms.